The first-order chi connectivity index (χ1) is 11.1. The number of amides is 1. The Morgan fingerprint density at radius 2 is 1.87 bits per heavy atom. The summed E-state index contributed by atoms with van der Waals surface area (Å²) in [4.78, 5) is 19.2. The normalized spacial score (nSPS) is 14.6. The molecule has 0 aliphatic carbocycles. The Kier molecular flexibility index (Phi) is 4.60. The monoisotopic (exact) mass is 309 g/mol. The van der Waals surface area contributed by atoms with E-state index in [1.165, 1.54) is 19.3 Å². The summed E-state index contributed by atoms with van der Waals surface area (Å²) in [7, 11) is 0. The summed E-state index contributed by atoms with van der Waals surface area (Å²) in [5, 5.41) is 2.94. The summed E-state index contributed by atoms with van der Waals surface area (Å²) in [6.45, 7) is 6.13. The third kappa shape index (κ3) is 3.52. The van der Waals surface area contributed by atoms with Gasteiger partial charge in [0, 0.05) is 18.7 Å². The van der Waals surface area contributed by atoms with E-state index in [1.807, 2.05) is 44.2 Å². The topological polar surface area (TPSA) is 45.2 Å². The number of rotatable bonds is 3. The molecule has 0 atom stereocenters. The summed E-state index contributed by atoms with van der Waals surface area (Å²) in [5.74, 6) is 0.910. The van der Waals surface area contributed by atoms with Crippen molar-refractivity contribution in [3.63, 3.8) is 0 Å². The summed E-state index contributed by atoms with van der Waals surface area (Å²) in [6.07, 6.45) is 5.51. The molecule has 4 heteroatoms. The van der Waals surface area contributed by atoms with Gasteiger partial charge in [-0.2, -0.15) is 0 Å². The molecule has 0 bridgehead atoms. The molecule has 1 amide bonds. The van der Waals surface area contributed by atoms with Crippen LogP contribution in [-0.2, 0) is 0 Å². The molecule has 2 aromatic rings. The lowest BCUT2D eigenvalue weighted by molar-refractivity contribution is 0.102. The van der Waals surface area contributed by atoms with Gasteiger partial charge in [0.05, 0.1) is 11.9 Å². The fraction of sp³-hybridized carbons (Fsp3) is 0.368. The van der Waals surface area contributed by atoms with Crippen molar-refractivity contribution < 1.29 is 4.79 Å². The number of hydrogen-bond donors (Lipinski definition) is 1. The summed E-state index contributed by atoms with van der Waals surface area (Å²) < 4.78 is 0. The van der Waals surface area contributed by atoms with E-state index >= 15 is 0 Å². The number of piperidine rings is 1. The van der Waals surface area contributed by atoms with Crippen molar-refractivity contribution in [2.45, 2.75) is 33.1 Å². The van der Waals surface area contributed by atoms with E-state index in [0.717, 1.165) is 35.7 Å². The number of aryl methyl sites for hydroxylation is 1. The van der Waals surface area contributed by atoms with Gasteiger partial charge in [-0.15, -0.1) is 0 Å². The molecule has 2 heterocycles. The minimum atomic E-state index is -0.0845. The van der Waals surface area contributed by atoms with Crippen molar-refractivity contribution >= 4 is 17.4 Å². The van der Waals surface area contributed by atoms with E-state index in [1.54, 1.807) is 6.20 Å². The fourth-order valence-corrected chi connectivity index (χ4v) is 2.97. The molecule has 1 aliphatic heterocycles. The molecule has 1 saturated heterocycles. The zero-order valence-electron chi connectivity index (χ0n) is 13.8. The molecule has 3 rings (SSSR count). The molecule has 1 aromatic heterocycles. The van der Waals surface area contributed by atoms with Crippen LogP contribution in [0.4, 0.5) is 11.5 Å². The second-order valence-corrected chi connectivity index (χ2v) is 6.15. The molecular weight excluding hydrogens is 286 g/mol. The zero-order chi connectivity index (χ0) is 16.2. The van der Waals surface area contributed by atoms with Crippen LogP contribution in [0.15, 0.2) is 36.5 Å². The van der Waals surface area contributed by atoms with Crippen LogP contribution in [0.3, 0.4) is 0 Å². The van der Waals surface area contributed by atoms with Crippen LogP contribution in [0.25, 0.3) is 0 Å². The lowest BCUT2D eigenvalue weighted by atomic mass is 10.0. The molecular formula is C19H23N3O. The van der Waals surface area contributed by atoms with E-state index < -0.39 is 0 Å². The molecule has 1 aliphatic rings. The number of aromatic nitrogens is 1. The SMILES string of the molecule is Cc1cccc(C(=O)Nc2ccc(N3CCCCC3)nc2)c1C. The molecule has 0 unspecified atom stereocenters. The lowest BCUT2D eigenvalue weighted by Gasteiger charge is -2.27. The van der Waals surface area contributed by atoms with Crippen LogP contribution in [0, 0.1) is 13.8 Å². The molecule has 0 spiro atoms. The van der Waals surface area contributed by atoms with Crippen molar-refractivity contribution in [1.82, 2.24) is 4.98 Å². The fourth-order valence-electron chi connectivity index (χ4n) is 2.97. The van der Waals surface area contributed by atoms with E-state index in [0.29, 0.717) is 5.56 Å². The number of pyridine rings is 1. The molecule has 1 fully saturated rings. The number of nitrogens with one attached hydrogen (secondary N) is 1. The largest absolute Gasteiger partial charge is 0.357 e. The molecule has 23 heavy (non-hydrogen) atoms. The van der Waals surface area contributed by atoms with Crippen LogP contribution in [0.5, 0.6) is 0 Å². The minimum Gasteiger partial charge on any atom is -0.357 e. The van der Waals surface area contributed by atoms with E-state index in [4.69, 9.17) is 0 Å². The van der Waals surface area contributed by atoms with Gasteiger partial charge in [0.15, 0.2) is 0 Å². The van der Waals surface area contributed by atoms with E-state index in [2.05, 4.69) is 15.2 Å². The third-order valence-electron chi connectivity index (χ3n) is 4.54. The third-order valence-corrected chi connectivity index (χ3v) is 4.54. The van der Waals surface area contributed by atoms with Crippen LogP contribution in [0.1, 0.15) is 40.7 Å². The number of anilines is 2. The van der Waals surface area contributed by atoms with Crippen LogP contribution in [-0.4, -0.2) is 24.0 Å². The number of carbonyl (C=O) groups excluding carboxylic acids is 1. The zero-order valence-corrected chi connectivity index (χ0v) is 13.8. The second kappa shape index (κ2) is 6.82. The highest BCUT2D eigenvalue weighted by Gasteiger charge is 2.13. The predicted molar refractivity (Wildman–Crippen MR) is 94.2 cm³/mol. The summed E-state index contributed by atoms with van der Waals surface area (Å²) in [6, 6.07) is 9.70. The average molecular weight is 309 g/mol. The lowest BCUT2D eigenvalue weighted by Crippen LogP contribution is -2.30. The smallest absolute Gasteiger partial charge is 0.255 e. The molecule has 4 nitrogen and oxygen atoms in total. The second-order valence-electron chi connectivity index (χ2n) is 6.15. The van der Waals surface area contributed by atoms with Gasteiger partial charge in [-0.3, -0.25) is 4.79 Å². The van der Waals surface area contributed by atoms with Gasteiger partial charge < -0.3 is 10.2 Å². The molecule has 120 valence electrons. The predicted octanol–water partition coefficient (Wildman–Crippen LogP) is 3.94. The Bertz CT molecular complexity index is 688. The Morgan fingerprint density at radius 1 is 1.09 bits per heavy atom. The molecule has 1 N–H and O–H groups in total. The Labute approximate surface area is 137 Å². The maximum atomic E-state index is 12.4. The highest BCUT2D eigenvalue weighted by Crippen LogP contribution is 2.20. The molecule has 1 aromatic carbocycles. The first kappa shape index (κ1) is 15.5. The Balaban J connectivity index is 1.70. The van der Waals surface area contributed by atoms with E-state index in [-0.39, 0.29) is 5.91 Å². The van der Waals surface area contributed by atoms with Gasteiger partial charge in [0.25, 0.3) is 5.91 Å². The standard InChI is InChI=1S/C19H23N3O/c1-14-7-6-8-17(15(14)2)19(23)21-16-9-10-18(20-13-16)22-11-4-3-5-12-22/h6-10,13H,3-5,11-12H2,1-2H3,(H,21,23). The van der Waals surface area contributed by atoms with E-state index in [9.17, 15) is 4.79 Å². The van der Waals surface area contributed by atoms with Gasteiger partial charge >= 0.3 is 0 Å². The maximum Gasteiger partial charge on any atom is 0.255 e. The Morgan fingerprint density at radius 3 is 2.57 bits per heavy atom. The summed E-state index contributed by atoms with van der Waals surface area (Å²) >= 11 is 0. The van der Waals surface area contributed by atoms with Crippen molar-refractivity contribution in [1.29, 1.82) is 0 Å². The number of nitrogens with zero attached hydrogens (tertiary/aromatic N) is 2. The maximum absolute atomic E-state index is 12.4. The van der Waals surface area contributed by atoms with Gasteiger partial charge in [-0.25, -0.2) is 4.98 Å². The van der Waals surface area contributed by atoms with Crippen molar-refractivity contribution in [3.8, 4) is 0 Å². The number of hydrogen-bond acceptors (Lipinski definition) is 3. The van der Waals surface area contributed by atoms with Crippen molar-refractivity contribution in [2.24, 2.45) is 0 Å². The average Bonchev–Trinajstić information content (AvgIpc) is 2.59. The van der Waals surface area contributed by atoms with Crippen molar-refractivity contribution in [3.05, 3.63) is 53.2 Å². The van der Waals surface area contributed by atoms with Crippen LogP contribution in [0.2, 0.25) is 0 Å². The van der Waals surface area contributed by atoms with Gasteiger partial charge in [0.1, 0.15) is 5.82 Å². The van der Waals surface area contributed by atoms with Crippen LogP contribution < -0.4 is 10.2 Å². The highest BCUT2D eigenvalue weighted by atomic mass is 16.1. The Hall–Kier alpha value is -2.36. The minimum absolute atomic E-state index is 0.0845. The summed E-state index contributed by atoms with van der Waals surface area (Å²) in [5.41, 5.74) is 3.58. The molecule has 0 saturated carbocycles. The first-order valence-electron chi connectivity index (χ1n) is 8.24. The van der Waals surface area contributed by atoms with Crippen molar-refractivity contribution in [2.75, 3.05) is 23.3 Å². The highest BCUT2D eigenvalue weighted by molar-refractivity contribution is 6.05. The first-order valence-corrected chi connectivity index (χ1v) is 8.24. The van der Waals surface area contributed by atoms with Crippen LogP contribution >= 0.6 is 0 Å². The van der Waals surface area contributed by atoms with Gasteiger partial charge in [-0.05, 0) is 62.4 Å². The van der Waals surface area contributed by atoms with Gasteiger partial charge in [0.2, 0.25) is 0 Å². The molecule has 0 radical (unpaired) electrons. The number of carbonyl (C=O) groups is 1. The van der Waals surface area contributed by atoms with Gasteiger partial charge in [-0.1, -0.05) is 12.1 Å². The quantitative estimate of drug-likeness (QED) is 0.934. The number of benzene rings is 1.